The normalized spacial score (nSPS) is 27.6. The number of allylic oxidation sites excluding steroid dienone is 1. The number of nitrogens with two attached hydrogens (primary N) is 1. The van der Waals surface area contributed by atoms with E-state index in [1.807, 2.05) is 0 Å². The zero-order chi connectivity index (χ0) is 43.5. The third-order valence-electron chi connectivity index (χ3n) is 12.4. The third kappa shape index (κ3) is 6.61. The van der Waals surface area contributed by atoms with Gasteiger partial charge in [0.25, 0.3) is 0 Å². The van der Waals surface area contributed by atoms with Crippen molar-refractivity contribution in [3.05, 3.63) is 100 Å². The summed E-state index contributed by atoms with van der Waals surface area (Å²) < 4.78 is 26.2. The summed E-state index contributed by atoms with van der Waals surface area (Å²) in [5.41, 5.74) is 3.09. The van der Waals surface area contributed by atoms with Gasteiger partial charge >= 0.3 is 5.91 Å². The van der Waals surface area contributed by atoms with Gasteiger partial charge in [0.05, 0.1) is 17.9 Å². The van der Waals surface area contributed by atoms with Gasteiger partial charge in [-0.15, -0.1) is 0 Å². The van der Waals surface area contributed by atoms with Gasteiger partial charge < -0.3 is 59.9 Å². The van der Waals surface area contributed by atoms with Gasteiger partial charge in [0.15, 0.2) is 40.2 Å². The number of aldehydes is 1. The molecule has 0 aromatic heterocycles. The molecule has 3 aromatic carbocycles. The predicted molar refractivity (Wildman–Crippen MR) is 218 cm³/mol. The maximum atomic E-state index is 14.6. The number of ketones is 2. The number of rotatable bonds is 9. The summed E-state index contributed by atoms with van der Waals surface area (Å²) in [7, 11) is 0. The van der Waals surface area contributed by atoms with E-state index in [4.69, 9.17) is 24.7 Å². The maximum Gasteiger partial charge on any atom is 0.302 e. The zero-order valence-corrected chi connectivity index (χ0v) is 33.1. The van der Waals surface area contributed by atoms with Gasteiger partial charge in [-0.2, -0.15) is 9.98 Å². The van der Waals surface area contributed by atoms with E-state index in [2.05, 4.69) is 15.0 Å². The average molecular weight is 850 g/mol. The molecule has 322 valence electrons. The van der Waals surface area contributed by atoms with Crippen LogP contribution in [0.2, 0.25) is 0 Å². The van der Waals surface area contributed by atoms with Crippen molar-refractivity contribution in [1.29, 1.82) is 0 Å². The summed E-state index contributed by atoms with van der Waals surface area (Å²) in [5.74, 6) is -3.64. The number of hydrogen-bond donors (Lipinski definition) is 6. The number of benzene rings is 3. The minimum Gasteiger partial charge on any atom is -0.492 e. The highest BCUT2D eigenvalue weighted by atomic mass is 16.7. The van der Waals surface area contributed by atoms with Crippen LogP contribution in [0.4, 0.5) is 5.69 Å². The topological polar surface area (TPSA) is 273 Å². The van der Waals surface area contributed by atoms with Crippen molar-refractivity contribution in [2.75, 3.05) is 24.8 Å². The molecular weight excluding hydrogens is 807 g/mol. The first kappa shape index (κ1) is 41.2. The van der Waals surface area contributed by atoms with Gasteiger partial charge in [-0.25, -0.2) is 0 Å². The van der Waals surface area contributed by atoms with Gasteiger partial charge in [-0.3, -0.25) is 19.4 Å². The van der Waals surface area contributed by atoms with Crippen LogP contribution in [-0.4, -0.2) is 129 Å². The Morgan fingerprint density at radius 1 is 0.984 bits per heavy atom. The van der Waals surface area contributed by atoms with Gasteiger partial charge in [-0.1, -0.05) is 42.5 Å². The molecule has 1 spiro atoms. The molecule has 1 saturated heterocycles. The molecule has 0 radical (unpaired) electrons. The molecular formula is C44H43N5O13. The van der Waals surface area contributed by atoms with Crippen LogP contribution in [0.3, 0.4) is 0 Å². The lowest BCUT2D eigenvalue weighted by Gasteiger charge is -2.51. The highest BCUT2D eigenvalue weighted by molar-refractivity contribution is 6.72. The predicted octanol–water partition coefficient (Wildman–Crippen LogP) is 1.19. The summed E-state index contributed by atoms with van der Waals surface area (Å²) >= 11 is 0. The number of carbonyl (C=O) groups is 4. The van der Waals surface area contributed by atoms with E-state index in [1.165, 1.54) is 24.5 Å². The standard InChI is InChI=1S/C44H43N5O13/c45-42-47-39-31(40(57)48-42)46-21-49(39)29-10-4-3-7-24(29)23-12-18-60-43(13-5-6-14-43)38-34(55)37(56)44(58,15-17-51)41(62-38)61-35-27(23)19-28-30(36(35)59-20-22(52)11-16-50)33(54)26-9-2-1-8-25(26)32(28)53/h1-4,7-10,12,16,18-19,22-23,34,37-38,41,51-52,55-56,58H,5-6,11,13-15,17,20-21H2,(H2,45,48,57). The van der Waals surface area contributed by atoms with Crippen LogP contribution in [0.15, 0.2) is 81.9 Å². The lowest BCUT2D eigenvalue weighted by Crippen LogP contribution is -2.71. The monoisotopic (exact) mass is 849 g/mol. The van der Waals surface area contributed by atoms with Crippen LogP contribution in [0.25, 0.3) is 0 Å². The Labute approximate surface area is 353 Å². The first-order chi connectivity index (χ1) is 29.9. The smallest absolute Gasteiger partial charge is 0.302 e. The van der Waals surface area contributed by atoms with E-state index in [1.54, 1.807) is 47.4 Å². The molecule has 18 nitrogen and oxygen atoms in total. The Kier molecular flexibility index (Phi) is 10.6. The fourth-order valence-electron chi connectivity index (χ4n) is 9.35. The van der Waals surface area contributed by atoms with Crippen molar-refractivity contribution >= 4 is 47.0 Å². The second kappa shape index (κ2) is 16.0. The first-order valence-electron chi connectivity index (χ1n) is 20.3. The molecule has 3 aromatic rings. The molecule has 7 unspecified atom stereocenters. The number of hydrogen-bond acceptors (Lipinski definition) is 17. The Balaban J connectivity index is 1.33. The van der Waals surface area contributed by atoms with E-state index in [0.717, 1.165) is 0 Å². The molecule has 2 bridgehead atoms. The number of aliphatic hydroxyl groups excluding tert-OH is 4. The summed E-state index contributed by atoms with van der Waals surface area (Å²) in [6.45, 7) is -1.31. The number of ether oxygens (including phenoxy) is 4. The number of aliphatic imine (C=N–C) groups is 3. The molecule has 62 heavy (non-hydrogen) atoms. The third-order valence-corrected chi connectivity index (χ3v) is 12.4. The van der Waals surface area contributed by atoms with Gasteiger partial charge in [-0.05, 0) is 49.5 Å². The summed E-state index contributed by atoms with van der Waals surface area (Å²) in [6, 6.07) is 14.7. The number of carbonyl (C=O) groups excluding carboxylic acids is 4. The van der Waals surface area contributed by atoms with Gasteiger partial charge in [0.2, 0.25) is 12.2 Å². The van der Waals surface area contributed by atoms with Crippen molar-refractivity contribution < 1.29 is 63.7 Å². The number of para-hydroxylation sites is 1. The molecule has 7 atom stereocenters. The minimum absolute atomic E-state index is 0.00616. The molecule has 6 aliphatic rings. The molecule has 18 heteroatoms. The summed E-state index contributed by atoms with van der Waals surface area (Å²) in [4.78, 5) is 67.7. The lowest BCUT2D eigenvalue weighted by molar-refractivity contribution is -0.342. The quantitative estimate of drug-likeness (QED) is 0.129. The first-order valence-corrected chi connectivity index (χ1v) is 20.3. The average Bonchev–Trinajstić information content (AvgIpc) is 3.92. The lowest BCUT2D eigenvalue weighted by atomic mass is 9.78. The Morgan fingerprint density at radius 3 is 2.45 bits per heavy atom. The highest BCUT2D eigenvalue weighted by Crippen LogP contribution is 2.52. The SMILES string of the molecule is NC1=NC(=O)C2=NCN(c3ccccc3C3C=COC4(CCCC4)C4OC(Oc5c3cc3c(c5OCC(O)CC=O)C(=O)c5ccccc5C3=O)C(O)(CCO)C(O)C4O)C2=N1. The van der Waals surface area contributed by atoms with E-state index >= 15 is 0 Å². The van der Waals surface area contributed by atoms with E-state index in [-0.39, 0.29) is 69.9 Å². The molecule has 4 heterocycles. The number of amides is 1. The number of nitrogens with zero attached hydrogens (tertiary/aromatic N) is 4. The molecule has 2 fully saturated rings. The zero-order valence-electron chi connectivity index (χ0n) is 33.1. The van der Waals surface area contributed by atoms with Gasteiger partial charge in [0.1, 0.15) is 43.5 Å². The Morgan fingerprint density at radius 2 is 1.71 bits per heavy atom. The van der Waals surface area contributed by atoms with Crippen LogP contribution in [-0.2, 0) is 19.1 Å². The number of guanidine groups is 1. The number of fused-ring (bicyclic) bond motifs is 7. The minimum atomic E-state index is -2.50. The molecule has 9 rings (SSSR count). The van der Waals surface area contributed by atoms with E-state index in [0.29, 0.717) is 43.2 Å². The van der Waals surface area contributed by atoms with Crippen molar-refractivity contribution in [1.82, 2.24) is 0 Å². The number of amidine groups is 1. The van der Waals surface area contributed by atoms with E-state index < -0.39 is 84.9 Å². The van der Waals surface area contributed by atoms with Crippen molar-refractivity contribution in [3.8, 4) is 11.5 Å². The van der Waals surface area contributed by atoms with Crippen LogP contribution >= 0.6 is 0 Å². The largest absolute Gasteiger partial charge is 0.492 e. The van der Waals surface area contributed by atoms with E-state index in [9.17, 15) is 44.7 Å². The molecule has 1 saturated carbocycles. The summed E-state index contributed by atoms with van der Waals surface area (Å²) in [6.07, 6.45) is -3.51. The van der Waals surface area contributed by atoms with Gasteiger partial charge in [0, 0.05) is 53.3 Å². The second-order valence-corrected chi connectivity index (χ2v) is 16.1. The maximum absolute atomic E-state index is 14.6. The highest BCUT2D eigenvalue weighted by Gasteiger charge is 2.62. The molecule has 2 aliphatic carbocycles. The number of aliphatic hydroxyl groups is 5. The molecule has 1 amide bonds. The Bertz CT molecular complexity index is 2500. The van der Waals surface area contributed by atoms with Crippen molar-refractivity contribution in [3.63, 3.8) is 0 Å². The summed E-state index contributed by atoms with van der Waals surface area (Å²) in [5, 5.41) is 56.8. The van der Waals surface area contributed by atoms with Crippen molar-refractivity contribution in [2.45, 2.75) is 86.4 Å². The second-order valence-electron chi connectivity index (χ2n) is 16.1. The van der Waals surface area contributed by atoms with Crippen molar-refractivity contribution in [2.24, 2.45) is 20.7 Å². The van der Waals surface area contributed by atoms with Crippen LogP contribution in [0.1, 0.15) is 87.4 Å². The molecule has 7 N–H and O–H groups in total. The fourth-order valence-corrected chi connectivity index (χ4v) is 9.35. The molecule has 4 aliphatic heterocycles. The number of anilines is 1. The van der Waals surface area contributed by atoms with Crippen LogP contribution < -0.4 is 20.1 Å². The Hall–Kier alpha value is -6.15. The fraction of sp³-hybridized carbons (Fsp3) is 0.386. The van der Waals surface area contributed by atoms with Crippen LogP contribution in [0.5, 0.6) is 11.5 Å². The van der Waals surface area contributed by atoms with Crippen LogP contribution in [0, 0.1) is 0 Å².